The van der Waals surface area contributed by atoms with Crippen molar-refractivity contribution in [3.8, 4) is 0 Å². The number of rotatable bonds is 6. The Balaban J connectivity index is 1.88. The predicted octanol–water partition coefficient (Wildman–Crippen LogP) is 1.28. The topological polar surface area (TPSA) is 15.3 Å². The summed E-state index contributed by atoms with van der Waals surface area (Å²) >= 11 is 2.02. The molecular weight excluding hydrogens is 180 g/mol. The molecule has 1 atom stereocenters. The van der Waals surface area contributed by atoms with Gasteiger partial charge in [0.25, 0.3) is 0 Å². The van der Waals surface area contributed by atoms with Crippen LogP contribution in [0.15, 0.2) is 0 Å². The molecule has 1 aliphatic heterocycles. The molecule has 0 amide bonds. The van der Waals surface area contributed by atoms with E-state index in [0.29, 0.717) is 0 Å². The maximum atomic E-state index is 3.54. The van der Waals surface area contributed by atoms with Crippen LogP contribution in [0.3, 0.4) is 0 Å². The molecule has 2 nitrogen and oxygen atoms in total. The number of hydrogen-bond donors (Lipinski definition) is 1. The molecule has 13 heavy (non-hydrogen) atoms. The second-order valence-corrected chi connectivity index (χ2v) is 5.21. The number of nitrogens with one attached hydrogen (secondary N) is 1. The summed E-state index contributed by atoms with van der Waals surface area (Å²) in [6.45, 7) is 7.19. The van der Waals surface area contributed by atoms with Gasteiger partial charge in [-0.1, -0.05) is 6.92 Å². The van der Waals surface area contributed by atoms with Gasteiger partial charge in [-0.05, 0) is 38.2 Å². The third kappa shape index (κ3) is 4.89. The number of hydrogen-bond acceptors (Lipinski definition) is 3. The fraction of sp³-hybridized carbons (Fsp3) is 1.00. The highest BCUT2D eigenvalue weighted by molar-refractivity contribution is 7.99. The minimum Gasteiger partial charge on any atom is -0.316 e. The molecule has 0 bridgehead atoms. The normalized spacial score (nSPS) is 24.0. The molecule has 1 rings (SSSR count). The zero-order chi connectivity index (χ0) is 9.52. The second kappa shape index (κ2) is 6.68. The van der Waals surface area contributed by atoms with E-state index in [2.05, 4.69) is 24.2 Å². The van der Waals surface area contributed by atoms with Crippen molar-refractivity contribution in [2.24, 2.45) is 5.92 Å². The van der Waals surface area contributed by atoms with Gasteiger partial charge in [-0.2, -0.15) is 11.8 Å². The smallest absolute Gasteiger partial charge is 0.00580 e. The largest absolute Gasteiger partial charge is 0.316 e. The standard InChI is InChI=1S/C10H22N2S/c1-3-13-7-5-11-8-10-4-6-12(2)9-10/h10-11H,3-9H2,1-2H3. The van der Waals surface area contributed by atoms with Crippen LogP contribution >= 0.6 is 11.8 Å². The summed E-state index contributed by atoms with van der Waals surface area (Å²) in [7, 11) is 2.22. The van der Waals surface area contributed by atoms with Gasteiger partial charge in [0, 0.05) is 18.8 Å². The average Bonchev–Trinajstić information content (AvgIpc) is 2.51. The Morgan fingerprint density at radius 2 is 2.38 bits per heavy atom. The van der Waals surface area contributed by atoms with Gasteiger partial charge in [-0.15, -0.1) is 0 Å². The zero-order valence-corrected chi connectivity index (χ0v) is 9.70. The van der Waals surface area contributed by atoms with Crippen molar-refractivity contribution in [1.82, 2.24) is 10.2 Å². The third-order valence-corrected chi connectivity index (χ3v) is 3.45. The molecule has 0 radical (unpaired) electrons. The van der Waals surface area contributed by atoms with Crippen molar-refractivity contribution in [2.75, 3.05) is 44.7 Å². The van der Waals surface area contributed by atoms with Crippen molar-refractivity contribution in [3.63, 3.8) is 0 Å². The molecular formula is C10H22N2S. The summed E-state index contributed by atoms with van der Waals surface area (Å²) in [5, 5.41) is 3.54. The summed E-state index contributed by atoms with van der Waals surface area (Å²) in [6.07, 6.45) is 1.38. The predicted molar refractivity (Wildman–Crippen MR) is 61.5 cm³/mol. The minimum absolute atomic E-state index is 0.900. The van der Waals surface area contributed by atoms with E-state index >= 15 is 0 Å². The van der Waals surface area contributed by atoms with E-state index in [-0.39, 0.29) is 0 Å². The van der Waals surface area contributed by atoms with Crippen LogP contribution in [-0.4, -0.2) is 49.6 Å². The summed E-state index contributed by atoms with van der Waals surface area (Å²) in [5.74, 6) is 3.41. The van der Waals surface area contributed by atoms with Gasteiger partial charge in [0.1, 0.15) is 0 Å². The summed E-state index contributed by atoms with van der Waals surface area (Å²) in [6, 6.07) is 0. The van der Waals surface area contributed by atoms with E-state index in [0.717, 1.165) is 5.92 Å². The fourth-order valence-electron chi connectivity index (χ4n) is 1.79. The zero-order valence-electron chi connectivity index (χ0n) is 8.88. The average molecular weight is 202 g/mol. The van der Waals surface area contributed by atoms with Crippen LogP contribution in [0.25, 0.3) is 0 Å². The molecule has 0 saturated carbocycles. The maximum Gasteiger partial charge on any atom is 0.00580 e. The van der Waals surface area contributed by atoms with Gasteiger partial charge in [0.05, 0.1) is 0 Å². The van der Waals surface area contributed by atoms with E-state index in [1.54, 1.807) is 0 Å². The lowest BCUT2D eigenvalue weighted by Crippen LogP contribution is -2.26. The Bertz CT molecular complexity index is 130. The van der Waals surface area contributed by atoms with Crippen LogP contribution in [0.4, 0.5) is 0 Å². The van der Waals surface area contributed by atoms with Crippen molar-refractivity contribution in [2.45, 2.75) is 13.3 Å². The van der Waals surface area contributed by atoms with E-state index < -0.39 is 0 Å². The van der Waals surface area contributed by atoms with E-state index in [4.69, 9.17) is 0 Å². The van der Waals surface area contributed by atoms with Crippen LogP contribution in [0.1, 0.15) is 13.3 Å². The maximum absolute atomic E-state index is 3.54. The van der Waals surface area contributed by atoms with Crippen LogP contribution < -0.4 is 5.32 Å². The van der Waals surface area contributed by atoms with Crippen LogP contribution in [0, 0.1) is 5.92 Å². The van der Waals surface area contributed by atoms with Crippen LogP contribution in [-0.2, 0) is 0 Å². The molecule has 1 heterocycles. The van der Waals surface area contributed by atoms with Crippen LogP contribution in [0.2, 0.25) is 0 Å². The first-order chi connectivity index (χ1) is 6.33. The van der Waals surface area contributed by atoms with Gasteiger partial charge < -0.3 is 10.2 Å². The highest BCUT2D eigenvalue weighted by atomic mass is 32.2. The van der Waals surface area contributed by atoms with Gasteiger partial charge in [-0.25, -0.2) is 0 Å². The molecule has 0 aromatic carbocycles. The molecule has 1 N–H and O–H groups in total. The first-order valence-corrected chi connectivity index (χ1v) is 6.45. The quantitative estimate of drug-likeness (QED) is 0.653. The van der Waals surface area contributed by atoms with Crippen molar-refractivity contribution >= 4 is 11.8 Å². The highest BCUT2D eigenvalue weighted by Crippen LogP contribution is 2.12. The Labute approximate surface area is 86.5 Å². The summed E-state index contributed by atoms with van der Waals surface area (Å²) < 4.78 is 0. The van der Waals surface area contributed by atoms with E-state index in [9.17, 15) is 0 Å². The second-order valence-electron chi connectivity index (χ2n) is 3.82. The minimum atomic E-state index is 0.900. The monoisotopic (exact) mass is 202 g/mol. The lowest BCUT2D eigenvalue weighted by Gasteiger charge is -2.11. The van der Waals surface area contributed by atoms with Crippen molar-refractivity contribution < 1.29 is 0 Å². The van der Waals surface area contributed by atoms with Gasteiger partial charge in [0.15, 0.2) is 0 Å². The summed E-state index contributed by atoms with van der Waals surface area (Å²) in [4.78, 5) is 2.42. The molecule has 0 aromatic rings. The molecule has 1 fully saturated rings. The lowest BCUT2D eigenvalue weighted by atomic mass is 10.1. The molecule has 1 aliphatic rings. The van der Waals surface area contributed by atoms with Crippen molar-refractivity contribution in [1.29, 1.82) is 0 Å². The first-order valence-electron chi connectivity index (χ1n) is 5.30. The fourth-order valence-corrected chi connectivity index (χ4v) is 2.37. The third-order valence-electron chi connectivity index (χ3n) is 2.55. The number of nitrogens with zero attached hydrogens (tertiary/aromatic N) is 1. The van der Waals surface area contributed by atoms with Gasteiger partial charge in [0.2, 0.25) is 0 Å². The van der Waals surface area contributed by atoms with E-state index in [1.807, 2.05) is 11.8 Å². The Morgan fingerprint density at radius 3 is 3.00 bits per heavy atom. The van der Waals surface area contributed by atoms with Crippen LogP contribution in [0.5, 0.6) is 0 Å². The van der Waals surface area contributed by atoms with Crippen molar-refractivity contribution in [3.05, 3.63) is 0 Å². The van der Waals surface area contributed by atoms with E-state index in [1.165, 1.54) is 44.1 Å². The Morgan fingerprint density at radius 1 is 1.54 bits per heavy atom. The summed E-state index contributed by atoms with van der Waals surface area (Å²) in [5.41, 5.74) is 0. The highest BCUT2D eigenvalue weighted by Gasteiger charge is 2.18. The first kappa shape index (κ1) is 11.3. The molecule has 3 heteroatoms. The Kier molecular flexibility index (Phi) is 5.83. The number of thioether (sulfide) groups is 1. The Hall–Kier alpha value is 0.270. The number of likely N-dealkylation sites (tertiary alicyclic amines) is 1. The molecule has 0 aromatic heterocycles. The molecule has 78 valence electrons. The SMILES string of the molecule is CCSCCNCC1CCN(C)C1. The molecule has 1 saturated heterocycles. The molecule has 0 aliphatic carbocycles. The van der Waals surface area contributed by atoms with Gasteiger partial charge in [-0.3, -0.25) is 0 Å². The lowest BCUT2D eigenvalue weighted by molar-refractivity contribution is 0.389. The molecule has 1 unspecified atom stereocenters. The molecule has 0 spiro atoms. The van der Waals surface area contributed by atoms with Gasteiger partial charge >= 0.3 is 0 Å².